The van der Waals surface area contributed by atoms with E-state index in [-0.39, 0.29) is 31.5 Å². The third-order valence-electron chi connectivity index (χ3n) is 8.63. The molecule has 2 aliphatic heterocycles. The van der Waals surface area contributed by atoms with Gasteiger partial charge in [0.05, 0.1) is 18.3 Å². The second-order valence-corrected chi connectivity index (χ2v) is 14.3. The van der Waals surface area contributed by atoms with Gasteiger partial charge in [0.2, 0.25) is 17.6 Å². The van der Waals surface area contributed by atoms with E-state index in [9.17, 15) is 24.0 Å². The van der Waals surface area contributed by atoms with Crippen LogP contribution in [0, 0.1) is 5.41 Å². The average molecular weight is 643 g/mol. The third-order valence-corrected chi connectivity index (χ3v) is 8.87. The van der Waals surface area contributed by atoms with Crippen molar-refractivity contribution in [1.29, 1.82) is 0 Å². The van der Waals surface area contributed by atoms with E-state index < -0.39 is 58.7 Å². The predicted octanol–water partition coefficient (Wildman–Crippen LogP) is 2.81. The summed E-state index contributed by atoms with van der Waals surface area (Å²) in [5.41, 5.74) is -0.306. The van der Waals surface area contributed by atoms with Gasteiger partial charge in [0.15, 0.2) is 5.60 Å². The first-order valence-electron chi connectivity index (χ1n) is 15.8. The molecule has 3 fully saturated rings. The molecule has 4 aliphatic rings. The summed E-state index contributed by atoms with van der Waals surface area (Å²) in [4.78, 5) is 74.2. The highest BCUT2D eigenvalue weighted by atomic mass is 35.5. The average Bonchev–Trinajstić information content (AvgIpc) is 3.91. The zero-order valence-electron chi connectivity index (χ0n) is 26.3. The highest BCUT2D eigenvalue weighted by molar-refractivity contribution is 6.38. The molecule has 45 heavy (non-hydrogen) atoms. The lowest BCUT2D eigenvalue weighted by Gasteiger charge is -2.35. The maximum Gasteiger partial charge on any atom is 0.315 e. The van der Waals surface area contributed by atoms with Crippen molar-refractivity contribution in [3.63, 3.8) is 0 Å². The number of ketones is 1. The Labute approximate surface area is 268 Å². The molecule has 2 aliphatic carbocycles. The first-order chi connectivity index (χ1) is 21.3. The first-order valence-corrected chi connectivity index (χ1v) is 16.2. The van der Waals surface area contributed by atoms with Crippen LogP contribution in [0.25, 0.3) is 0 Å². The molecule has 0 bridgehead atoms. The molecule has 1 spiro atoms. The van der Waals surface area contributed by atoms with E-state index in [0.717, 1.165) is 31.2 Å². The Morgan fingerprint density at radius 1 is 1.07 bits per heavy atom. The van der Waals surface area contributed by atoms with E-state index >= 15 is 0 Å². The van der Waals surface area contributed by atoms with Crippen LogP contribution in [0.2, 0.25) is 5.02 Å². The molecule has 4 N–H and O–H groups in total. The van der Waals surface area contributed by atoms with E-state index in [2.05, 4.69) is 26.4 Å². The fourth-order valence-electron chi connectivity index (χ4n) is 5.82. The maximum absolute atomic E-state index is 14.3. The second kappa shape index (κ2) is 13.0. The molecule has 5 amide bonds. The number of nitrogens with one attached hydrogen (secondary N) is 4. The lowest BCUT2D eigenvalue weighted by atomic mass is 9.85. The summed E-state index contributed by atoms with van der Waals surface area (Å²) in [6.45, 7) is 7.42. The van der Waals surface area contributed by atoms with Crippen molar-refractivity contribution in [3.05, 3.63) is 34.9 Å². The molecule has 244 valence electrons. The van der Waals surface area contributed by atoms with Gasteiger partial charge in [-0.1, -0.05) is 63.0 Å². The number of urea groups is 1. The minimum Gasteiger partial charge on any atom is -0.387 e. The van der Waals surface area contributed by atoms with Crippen LogP contribution < -0.4 is 21.3 Å². The number of carbonyl (C=O) groups excluding carboxylic acids is 5. The van der Waals surface area contributed by atoms with E-state index in [1.807, 2.05) is 39.8 Å². The molecule has 13 heteroatoms. The number of likely N-dealkylation sites (tertiary alicyclic amines) is 1. The summed E-state index contributed by atoms with van der Waals surface area (Å²) in [7, 11) is 0. The number of carbonyl (C=O) groups is 5. The van der Waals surface area contributed by atoms with Crippen molar-refractivity contribution < 1.29 is 28.8 Å². The van der Waals surface area contributed by atoms with Crippen LogP contribution in [0.15, 0.2) is 29.4 Å². The minimum atomic E-state index is -1.04. The molecule has 12 nitrogen and oxygen atoms in total. The first kappa shape index (κ1) is 32.7. The van der Waals surface area contributed by atoms with Crippen LogP contribution in [0.1, 0.15) is 84.6 Å². The molecule has 2 heterocycles. The molecule has 1 aromatic carbocycles. The van der Waals surface area contributed by atoms with E-state index in [1.54, 1.807) is 12.1 Å². The van der Waals surface area contributed by atoms with Gasteiger partial charge in [0.25, 0.3) is 5.91 Å². The maximum atomic E-state index is 14.3. The number of benzene rings is 1. The van der Waals surface area contributed by atoms with Crippen LogP contribution in [0.5, 0.6) is 0 Å². The summed E-state index contributed by atoms with van der Waals surface area (Å²) in [5.74, 6) is -2.45. The largest absolute Gasteiger partial charge is 0.387 e. The van der Waals surface area contributed by atoms with Gasteiger partial charge in [-0.3, -0.25) is 19.2 Å². The molecule has 0 unspecified atom stereocenters. The molecule has 0 radical (unpaired) electrons. The molecule has 4 atom stereocenters. The summed E-state index contributed by atoms with van der Waals surface area (Å²) in [6.07, 6.45) is 4.67. The number of hydrogen-bond donors (Lipinski definition) is 4. The number of nitrogens with zero attached hydrogens (tertiary/aromatic N) is 2. The normalized spacial score (nSPS) is 23.9. The van der Waals surface area contributed by atoms with E-state index in [1.165, 1.54) is 4.90 Å². The molecule has 2 saturated carbocycles. The topological polar surface area (TPSA) is 158 Å². The summed E-state index contributed by atoms with van der Waals surface area (Å²) in [6, 6.07) is 3.79. The third kappa shape index (κ3) is 7.95. The molecular weight excluding hydrogens is 600 g/mol. The Kier molecular flexibility index (Phi) is 9.44. The van der Waals surface area contributed by atoms with Crippen molar-refractivity contribution in [2.75, 3.05) is 6.54 Å². The Bertz CT molecular complexity index is 1390. The summed E-state index contributed by atoms with van der Waals surface area (Å²) >= 11 is 6.21. The lowest BCUT2D eigenvalue weighted by molar-refractivity contribution is -0.144. The molecule has 1 saturated heterocycles. The number of amides is 5. The fourth-order valence-corrected chi connectivity index (χ4v) is 6.01. The van der Waals surface area contributed by atoms with Crippen molar-refractivity contribution in [3.8, 4) is 0 Å². The summed E-state index contributed by atoms with van der Waals surface area (Å²) < 4.78 is 0. The molecule has 1 aromatic rings. The number of rotatable bonds is 11. The Balaban J connectivity index is 1.39. The monoisotopic (exact) mass is 642 g/mol. The molecular formula is C32H43ClN6O6. The Morgan fingerprint density at radius 3 is 2.38 bits per heavy atom. The van der Waals surface area contributed by atoms with Crippen LogP contribution in [0.4, 0.5) is 4.79 Å². The van der Waals surface area contributed by atoms with Crippen LogP contribution in [0.3, 0.4) is 0 Å². The highest BCUT2D eigenvalue weighted by Crippen LogP contribution is 2.40. The van der Waals surface area contributed by atoms with E-state index in [4.69, 9.17) is 16.4 Å². The number of oxime groups is 1. The Hall–Kier alpha value is -3.67. The Morgan fingerprint density at radius 2 is 1.76 bits per heavy atom. The van der Waals surface area contributed by atoms with Crippen molar-refractivity contribution in [2.24, 2.45) is 10.6 Å². The van der Waals surface area contributed by atoms with Crippen LogP contribution in [-0.4, -0.2) is 82.5 Å². The molecule has 5 rings (SSSR count). The van der Waals surface area contributed by atoms with Crippen LogP contribution in [-0.2, 0) is 24.0 Å². The van der Waals surface area contributed by atoms with Crippen molar-refractivity contribution in [2.45, 2.75) is 115 Å². The second-order valence-electron chi connectivity index (χ2n) is 13.8. The summed E-state index contributed by atoms with van der Waals surface area (Å²) in [5, 5.41) is 16.0. The van der Waals surface area contributed by atoms with Gasteiger partial charge in [-0.25, -0.2) is 4.79 Å². The van der Waals surface area contributed by atoms with Crippen molar-refractivity contribution in [1.82, 2.24) is 26.2 Å². The zero-order valence-corrected chi connectivity index (χ0v) is 27.0. The number of Topliss-reactive ketones (excluding diaryl/α,β-unsaturated/α-hetero) is 1. The predicted molar refractivity (Wildman–Crippen MR) is 167 cm³/mol. The fraction of sp³-hybridized carbons (Fsp3) is 0.625. The van der Waals surface area contributed by atoms with Gasteiger partial charge in [-0.05, 0) is 49.7 Å². The lowest BCUT2D eigenvalue weighted by Crippen LogP contribution is -2.60. The van der Waals surface area contributed by atoms with Gasteiger partial charge in [-0.15, -0.1) is 0 Å². The van der Waals surface area contributed by atoms with Crippen molar-refractivity contribution >= 4 is 46.8 Å². The standard InChI is InChI=1S/C32H43ClN6O6/c1-5-7-22(25(40)28(42)34-20-10-11-20)36-27(41)24-16-32(15-23(38-45-32)18-8-6-9-19(33)14-18)17-39(24)29(43)26(31(2,3)4)37-30(44)35-21-12-13-21/h6,8-9,14,20-22,24,26H,5,7,10-13,15-17H2,1-4H3,(H,34,42)(H,36,41)(H2,35,37,44)/t22-,24-,26+,32+/m0/s1. The van der Waals surface area contributed by atoms with Crippen LogP contribution >= 0.6 is 11.6 Å². The van der Waals surface area contributed by atoms with E-state index in [0.29, 0.717) is 23.6 Å². The minimum absolute atomic E-state index is 0.00520. The quantitative estimate of drug-likeness (QED) is 0.272. The van der Waals surface area contributed by atoms with Gasteiger partial charge < -0.3 is 31.0 Å². The van der Waals surface area contributed by atoms with Gasteiger partial charge in [0, 0.05) is 35.5 Å². The van der Waals surface area contributed by atoms with Gasteiger partial charge >= 0.3 is 6.03 Å². The number of halogens is 1. The SMILES string of the molecule is CCC[C@H](NC(=O)[C@@H]1C[C@]2(CC(c3cccc(Cl)c3)=NO2)CN1C(=O)[C@@H](NC(=O)NC1CC1)C(C)(C)C)C(=O)C(=O)NC1CC1. The zero-order chi connectivity index (χ0) is 32.5. The highest BCUT2D eigenvalue weighted by Gasteiger charge is 2.55. The van der Waals surface area contributed by atoms with Gasteiger partial charge in [0.1, 0.15) is 12.1 Å². The molecule has 0 aromatic heterocycles. The smallest absolute Gasteiger partial charge is 0.315 e. The number of hydrogen-bond acceptors (Lipinski definition) is 7. The van der Waals surface area contributed by atoms with Gasteiger partial charge in [-0.2, -0.15) is 0 Å².